The fourth-order valence-electron chi connectivity index (χ4n) is 1.31. The van der Waals surface area contributed by atoms with E-state index in [9.17, 15) is 17.6 Å². The molecule has 0 aliphatic carbocycles. The Hall–Kier alpha value is -2.15. The molecule has 1 N–H and O–H groups in total. The highest BCUT2D eigenvalue weighted by atomic mass is 35.5. The van der Waals surface area contributed by atoms with Gasteiger partial charge in [-0.05, 0) is 17.7 Å². The van der Waals surface area contributed by atoms with E-state index < -0.39 is 29.2 Å². The SMILES string of the molecule is Fc1nc(F)c(F)c(NN=Cc2ccc(Cl)cc2)c1F. The summed E-state index contributed by atoms with van der Waals surface area (Å²) in [6, 6.07) is 6.34. The molecule has 104 valence electrons. The van der Waals surface area contributed by atoms with Crippen molar-refractivity contribution in [3.05, 3.63) is 58.4 Å². The first-order valence-electron chi connectivity index (χ1n) is 5.23. The summed E-state index contributed by atoms with van der Waals surface area (Å²) in [7, 11) is 0. The van der Waals surface area contributed by atoms with E-state index in [0.29, 0.717) is 10.6 Å². The molecule has 0 atom stereocenters. The number of aromatic nitrogens is 1. The average Bonchev–Trinajstić information content (AvgIpc) is 2.42. The van der Waals surface area contributed by atoms with Gasteiger partial charge in [0.05, 0.1) is 6.21 Å². The van der Waals surface area contributed by atoms with Crippen LogP contribution in [0.3, 0.4) is 0 Å². The number of anilines is 1. The monoisotopic (exact) mass is 303 g/mol. The molecule has 1 heterocycles. The van der Waals surface area contributed by atoms with E-state index in [1.165, 1.54) is 6.21 Å². The van der Waals surface area contributed by atoms with Crippen LogP contribution in [0, 0.1) is 23.5 Å². The van der Waals surface area contributed by atoms with Crippen LogP contribution in [-0.4, -0.2) is 11.2 Å². The Morgan fingerprint density at radius 2 is 1.55 bits per heavy atom. The lowest BCUT2D eigenvalue weighted by Crippen LogP contribution is -2.05. The van der Waals surface area contributed by atoms with Gasteiger partial charge >= 0.3 is 0 Å². The lowest BCUT2D eigenvalue weighted by Gasteiger charge is -2.04. The Bertz CT molecular complexity index is 632. The van der Waals surface area contributed by atoms with Gasteiger partial charge in [-0.15, -0.1) is 0 Å². The van der Waals surface area contributed by atoms with Gasteiger partial charge in [0.25, 0.3) is 11.9 Å². The molecule has 2 aromatic rings. The van der Waals surface area contributed by atoms with Gasteiger partial charge in [-0.1, -0.05) is 23.7 Å². The topological polar surface area (TPSA) is 37.3 Å². The van der Waals surface area contributed by atoms with Crippen molar-refractivity contribution < 1.29 is 17.6 Å². The van der Waals surface area contributed by atoms with Gasteiger partial charge in [-0.3, -0.25) is 5.43 Å². The molecule has 20 heavy (non-hydrogen) atoms. The second-order valence-electron chi connectivity index (χ2n) is 3.62. The van der Waals surface area contributed by atoms with Crippen molar-refractivity contribution in [1.29, 1.82) is 0 Å². The van der Waals surface area contributed by atoms with Crippen LogP contribution in [0.5, 0.6) is 0 Å². The zero-order valence-electron chi connectivity index (χ0n) is 9.67. The van der Waals surface area contributed by atoms with Crippen LogP contribution in [0.15, 0.2) is 29.4 Å². The summed E-state index contributed by atoms with van der Waals surface area (Å²) >= 11 is 5.67. The summed E-state index contributed by atoms with van der Waals surface area (Å²) in [4.78, 5) is 2.42. The molecule has 2 rings (SSSR count). The third kappa shape index (κ3) is 3.05. The van der Waals surface area contributed by atoms with Crippen LogP contribution in [0.2, 0.25) is 5.02 Å². The molecule has 0 spiro atoms. The van der Waals surface area contributed by atoms with Gasteiger partial charge in [0.1, 0.15) is 5.69 Å². The summed E-state index contributed by atoms with van der Waals surface area (Å²) in [6.07, 6.45) is 1.20. The Morgan fingerprint density at radius 1 is 1.00 bits per heavy atom. The quantitative estimate of drug-likeness (QED) is 0.406. The summed E-state index contributed by atoms with van der Waals surface area (Å²) < 4.78 is 52.1. The van der Waals surface area contributed by atoms with Crippen LogP contribution in [-0.2, 0) is 0 Å². The molecule has 1 aromatic carbocycles. The molecule has 0 radical (unpaired) electrons. The molecule has 0 saturated heterocycles. The van der Waals surface area contributed by atoms with Crippen molar-refractivity contribution in [2.45, 2.75) is 0 Å². The first-order chi connectivity index (χ1) is 9.49. The van der Waals surface area contributed by atoms with E-state index in [0.717, 1.165) is 0 Å². The molecule has 1 aromatic heterocycles. The van der Waals surface area contributed by atoms with Crippen LogP contribution in [0.1, 0.15) is 5.56 Å². The summed E-state index contributed by atoms with van der Waals surface area (Å²) in [5, 5.41) is 3.99. The number of hydrogen-bond acceptors (Lipinski definition) is 3. The van der Waals surface area contributed by atoms with Crippen molar-refractivity contribution in [2.75, 3.05) is 5.43 Å². The molecule has 0 saturated carbocycles. The highest BCUT2D eigenvalue weighted by molar-refractivity contribution is 6.30. The number of hydrazone groups is 1. The third-order valence-corrected chi connectivity index (χ3v) is 2.51. The van der Waals surface area contributed by atoms with E-state index >= 15 is 0 Å². The summed E-state index contributed by atoms with van der Waals surface area (Å²) in [6.45, 7) is 0. The zero-order chi connectivity index (χ0) is 14.7. The molecule has 8 heteroatoms. The number of nitrogens with one attached hydrogen (secondary N) is 1. The van der Waals surface area contributed by atoms with Crippen LogP contribution in [0.25, 0.3) is 0 Å². The van der Waals surface area contributed by atoms with Crippen LogP contribution >= 0.6 is 11.6 Å². The molecule has 3 nitrogen and oxygen atoms in total. The molecule has 0 aliphatic rings. The summed E-state index contributed by atoms with van der Waals surface area (Å²) in [5.74, 6) is -6.82. The van der Waals surface area contributed by atoms with Crippen molar-refractivity contribution >= 4 is 23.5 Å². The predicted octanol–water partition coefficient (Wildman–Crippen LogP) is 3.74. The first kappa shape index (κ1) is 14.3. The van der Waals surface area contributed by atoms with Gasteiger partial charge in [0.2, 0.25) is 11.6 Å². The Labute approximate surface area is 115 Å². The number of nitrogens with zero attached hydrogens (tertiary/aromatic N) is 2. The van der Waals surface area contributed by atoms with E-state index in [-0.39, 0.29) is 0 Å². The molecular formula is C12H6ClF4N3. The average molecular weight is 304 g/mol. The number of pyridine rings is 1. The van der Waals surface area contributed by atoms with Gasteiger partial charge in [-0.2, -0.15) is 27.6 Å². The molecule has 0 fully saturated rings. The number of rotatable bonds is 3. The van der Waals surface area contributed by atoms with E-state index in [2.05, 4.69) is 10.1 Å². The van der Waals surface area contributed by atoms with E-state index in [4.69, 9.17) is 11.6 Å². The Kier molecular flexibility index (Phi) is 4.19. The Morgan fingerprint density at radius 3 is 2.10 bits per heavy atom. The minimum Gasteiger partial charge on any atom is -0.272 e. The number of halogens is 5. The van der Waals surface area contributed by atoms with Gasteiger partial charge in [-0.25, -0.2) is 0 Å². The Balaban J connectivity index is 2.21. The normalized spacial score (nSPS) is 11.1. The van der Waals surface area contributed by atoms with Crippen LogP contribution < -0.4 is 5.43 Å². The maximum Gasteiger partial charge on any atom is 0.254 e. The second kappa shape index (κ2) is 5.87. The largest absolute Gasteiger partial charge is 0.272 e. The summed E-state index contributed by atoms with van der Waals surface area (Å²) in [5.41, 5.74) is 1.40. The lowest BCUT2D eigenvalue weighted by molar-refractivity contribution is 0.411. The predicted molar refractivity (Wildman–Crippen MR) is 66.7 cm³/mol. The molecular weight excluding hydrogens is 298 g/mol. The minimum absolute atomic E-state index is 0.505. The molecule has 0 unspecified atom stereocenters. The van der Waals surface area contributed by atoms with Crippen molar-refractivity contribution in [2.24, 2.45) is 5.10 Å². The number of benzene rings is 1. The molecule has 0 amide bonds. The highest BCUT2D eigenvalue weighted by Crippen LogP contribution is 2.21. The zero-order valence-corrected chi connectivity index (χ0v) is 10.4. The van der Waals surface area contributed by atoms with Gasteiger partial charge in [0, 0.05) is 5.02 Å². The third-order valence-electron chi connectivity index (χ3n) is 2.26. The maximum atomic E-state index is 13.2. The van der Waals surface area contributed by atoms with Crippen molar-refractivity contribution in [3.8, 4) is 0 Å². The van der Waals surface area contributed by atoms with Gasteiger partial charge < -0.3 is 0 Å². The molecule has 0 bridgehead atoms. The fraction of sp³-hybridized carbons (Fsp3) is 0. The standard InChI is InChI=1S/C12H6ClF4N3/c13-7-3-1-6(2-4-7)5-18-20-10-8(14)11(16)19-12(17)9(10)15/h1-5H,(H,19,20). The minimum atomic E-state index is -1.76. The van der Waals surface area contributed by atoms with E-state index in [1.54, 1.807) is 24.3 Å². The maximum absolute atomic E-state index is 13.2. The highest BCUT2D eigenvalue weighted by Gasteiger charge is 2.20. The number of hydrogen-bond donors (Lipinski definition) is 1. The van der Waals surface area contributed by atoms with Crippen molar-refractivity contribution in [3.63, 3.8) is 0 Å². The molecule has 0 aliphatic heterocycles. The van der Waals surface area contributed by atoms with Crippen LogP contribution in [0.4, 0.5) is 23.2 Å². The van der Waals surface area contributed by atoms with Gasteiger partial charge in [0.15, 0.2) is 0 Å². The smallest absolute Gasteiger partial charge is 0.254 e. The first-order valence-corrected chi connectivity index (χ1v) is 5.61. The van der Waals surface area contributed by atoms with Crippen molar-refractivity contribution in [1.82, 2.24) is 4.98 Å². The lowest BCUT2D eigenvalue weighted by atomic mass is 10.2. The second-order valence-corrected chi connectivity index (χ2v) is 4.05. The van der Waals surface area contributed by atoms with E-state index in [1.807, 2.05) is 5.43 Å². The fourth-order valence-corrected chi connectivity index (χ4v) is 1.43.